The number of aromatic nitrogens is 3. The van der Waals surface area contributed by atoms with Gasteiger partial charge in [0, 0.05) is 47.3 Å². The van der Waals surface area contributed by atoms with Crippen LogP contribution < -0.4 is 9.75 Å². The number of benzene rings is 8. The molecule has 0 radical (unpaired) electrons. The second kappa shape index (κ2) is 13.2. The van der Waals surface area contributed by atoms with E-state index in [0.717, 1.165) is 68.4 Å². The summed E-state index contributed by atoms with van der Waals surface area (Å²) >= 11 is 1.85. The molecule has 0 unspecified atom stereocenters. The van der Waals surface area contributed by atoms with E-state index in [-0.39, 0.29) is 0 Å². The maximum absolute atomic E-state index is 6.46. The molecule has 0 aliphatic heterocycles. The first-order valence-electron chi connectivity index (χ1n) is 19.7. The second-order valence-corrected chi connectivity index (χ2v) is 16.1. The lowest BCUT2D eigenvalue weighted by molar-refractivity contribution is 0.669. The van der Waals surface area contributed by atoms with Gasteiger partial charge in [-0.1, -0.05) is 146 Å². The largest absolute Gasteiger partial charge is 0.456 e. The molecule has 3 aromatic heterocycles. The van der Waals surface area contributed by atoms with Gasteiger partial charge in [-0.25, -0.2) is 15.0 Å². The zero-order chi connectivity index (χ0) is 38.2. The lowest BCUT2D eigenvalue weighted by atomic mass is 9.95. The highest BCUT2D eigenvalue weighted by Gasteiger charge is 2.19. The number of hydrogen-bond donors (Lipinski definition) is 0. The average molecular weight is 760 g/mol. The van der Waals surface area contributed by atoms with Gasteiger partial charge in [-0.05, 0) is 87.0 Å². The van der Waals surface area contributed by atoms with Gasteiger partial charge >= 0.3 is 0 Å². The minimum Gasteiger partial charge on any atom is -0.456 e. The molecule has 0 bridgehead atoms. The van der Waals surface area contributed by atoms with Gasteiger partial charge in [-0.2, -0.15) is 0 Å². The molecule has 11 aromatic rings. The van der Waals surface area contributed by atoms with Crippen LogP contribution in [0.4, 0.5) is 0 Å². The fourth-order valence-corrected chi connectivity index (χ4v) is 10.0. The summed E-state index contributed by atoms with van der Waals surface area (Å²) in [4.78, 5) is 15.4. The van der Waals surface area contributed by atoms with E-state index in [0.29, 0.717) is 11.6 Å². The molecule has 3 heterocycles. The van der Waals surface area contributed by atoms with Crippen LogP contribution in [0.1, 0.15) is 18.7 Å². The van der Waals surface area contributed by atoms with Crippen molar-refractivity contribution < 1.29 is 4.42 Å². The smallest absolute Gasteiger partial charge is 0.164 e. The fraction of sp³-hybridized carbons (Fsp3) is 0.0377. The molecule has 4 nitrogen and oxygen atoms in total. The zero-order valence-electron chi connectivity index (χ0n) is 31.3. The minimum atomic E-state index is 0.665. The highest BCUT2D eigenvalue weighted by Crippen LogP contribution is 2.40. The van der Waals surface area contributed by atoms with E-state index in [1.54, 1.807) is 0 Å². The summed E-state index contributed by atoms with van der Waals surface area (Å²) in [5.74, 6) is 2.09. The summed E-state index contributed by atoms with van der Waals surface area (Å²) in [7, 11) is 0. The van der Waals surface area contributed by atoms with Gasteiger partial charge in [-0.15, -0.1) is 11.3 Å². The van der Waals surface area contributed by atoms with E-state index in [1.807, 2.05) is 29.5 Å². The molecule has 272 valence electrons. The molecule has 8 aromatic carbocycles. The van der Waals surface area contributed by atoms with Crippen molar-refractivity contribution in [1.29, 1.82) is 0 Å². The Bertz CT molecular complexity index is 3570. The van der Waals surface area contributed by atoms with Crippen molar-refractivity contribution in [3.05, 3.63) is 185 Å². The summed E-state index contributed by atoms with van der Waals surface area (Å²) < 4.78 is 9.05. The molecule has 1 aliphatic carbocycles. The normalized spacial score (nSPS) is 12.8. The fourth-order valence-electron chi connectivity index (χ4n) is 8.81. The van der Waals surface area contributed by atoms with Crippen molar-refractivity contribution >= 4 is 76.6 Å². The van der Waals surface area contributed by atoms with Crippen LogP contribution in [-0.2, 0) is 0 Å². The lowest BCUT2D eigenvalue weighted by Crippen LogP contribution is -2.26. The molecular weight excluding hydrogens is 727 g/mol. The Morgan fingerprint density at radius 2 is 1.12 bits per heavy atom. The molecular formula is C53H33N3OS. The summed E-state index contributed by atoms with van der Waals surface area (Å²) in [6.07, 6.45) is 4.20. The predicted molar refractivity (Wildman–Crippen MR) is 241 cm³/mol. The Morgan fingerprint density at radius 3 is 2.00 bits per heavy atom. The van der Waals surface area contributed by atoms with Gasteiger partial charge in [0.2, 0.25) is 0 Å². The number of thiophene rings is 1. The average Bonchev–Trinajstić information content (AvgIpc) is 3.87. The van der Waals surface area contributed by atoms with Crippen LogP contribution in [0.3, 0.4) is 0 Å². The molecule has 0 spiro atoms. The van der Waals surface area contributed by atoms with Crippen molar-refractivity contribution in [2.24, 2.45) is 0 Å². The number of hydrogen-bond acceptors (Lipinski definition) is 5. The summed E-state index contributed by atoms with van der Waals surface area (Å²) in [6.45, 7) is 0. The molecule has 0 fully saturated rings. The SMILES string of the molecule is C1=c2sc3ccccc3c2=C(c2nc(-c3ccccc3)nc(-c3ccc(-c4cccc5oc6ccc(-c7ccc8c(ccc9ccccc98)c7)cc6c45)cc3)n2)CC1. The van der Waals surface area contributed by atoms with E-state index in [4.69, 9.17) is 19.4 Å². The van der Waals surface area contributed by atoms with Gasteiger partial charge in [0.25, 0.3) is 0 Å². The van der Waals surface area contributed by atoms with Crippen LogP contribution in [0.5, 0.6) is 0 Å². The summed E-state index contributed by atoms with van der Waals surface area (Å²) in [5, 5.41) is 9.77. The standard InChI is InChI=1S/C53H33N3OS/c1-2-11-34(12-3-1)51-54-52(56-53(55-51)43-16-9-19-48-50(43)42-14-6-7-18-47(42)58-48)35-23-20-33(21-24-35)41-15-8-17-46-49(41)44-31-37(27-29-45(44)57-46)36-26-28-40-38(30-36)25-22-32-10-4-5-13-39(32)40/h1-8,10-15,17-31H,9,16H2. The topological polar surface area (TPSA) is 51.8 Å². The van der Waals surface area contributed by atoms with E-state index >= 15 is 0 Å². The Morgan fingerprint density at radius 1 is 0.448 bits per heavy atom. The molecule has 5 heteroatoms. The Balaban J connectivity index is 0.964. The maximum atomic E-state index is 6.46. The Kier molecular flexibility index (Phi) is 7.50. The molecule has 0 amide bonds. The van der Waals surface area contributed by atoms with Crippen molar-refractivity contribution in [1.82, 2.24) is 15.0 Å². The van der Waals surface area contributed by atoms with E-state index in [9.17, 15) is 0 Å². The summed E-state index contributed by atoms with van der Waals surface area (Å²) in [5.41, 5.74) is 9.40. The first kappa shape index (κ1) is 33.0. The number of fused-ring (bicyclic) bond motifs is 9. The second-order valence-electron chi connectivity index (χ2n) is 15.0. The van der Waals surface area contributed by atoms with Crippen molar-refractivity contribution in [3.8, 4) is 45.0 Å². The monoisotopic (exact) mass is 759 g/mol. The first-order chi connectivity index (χ1) is 28.7. The van der Waals surface area contributed by atoms with Crippen LogP contribution in [-0.4, -0.2) is 15.0 Å². The predicted octanol–water partition coefficient (Wildman–Crippen LogP) is 12.7. The summed E-state index contributed by atoms with van der Waals surface area (Å²) in [6, 6.07) is 60.2. The highest BCUT2D eigenvalue weighted by atomic mass is 32.1. The van der Waals surface area contributed by atoms with E-state index in [2.05, 4.69) is 158 Å². The molecule has 12 rings (SSSR count). The zero-order valence-corrected chi connectivity index (χ0v) is 32.1. The Hall–Kier alpha value is -7.21. The van der Waals surface area contributed by atoms with Crippen molar-refractivity contribution in [2.45, 2.75) is 12.8 Å². The Labute approximate surface area is 337 Å². The maximum Gasteiger partial charge on any atom is 0.164 e. The molecule has 0 saturated heterocycles. The van der Waals surface area contributed by atoms with Gasteiger partial charge < -0.3 is 4.42 Å². The third-order valence-electron chi connectivity index (χ3n) is 11.6. The lowest BCUT2D eigenvalue weighted by Gasteiger charge is -2.12. The van der Waals surface area contributed by atoms with Crippen LogP contribution in [0.2, 0.25) is 0 Å². The molecule has 0 N–H and O–H groups in total. The van der Waals surface area contributed by atoms with Crippen LogP contribution in [0.15, 0.2) is 174 Å². The van der Waals surface area contributed by atoms with Crippen LogP contribution in [0.25, 0.3) is 110 Å². The number of nitrogens with zero attached hydrogens (tertiary/aromatic N) is 3. The quantitative estimate of drug-likeness (QED) is 0.164. The van der Waals surface area contributed by atoms with Gasteiger partial charge in [-0.3, -0.25) is 0 Å². The van der Waals surface area contributed by atoms with Gasteiger partial charge in [0.15, 0.2) is 17.5 Å². The van der Waals surface area contributed by atoms with Crippen LogP contribution >= 0.6 is 11.3 Å². The van der Waals surface area contributed by atoms with Crippen molar-refractivity contribution in [3.63, 3.8) is 0 Å². The highest BCUT2D eigenvalue weighted by molar-refractivity contribution is 7.17. The minimum absolute atomic E-state index is 0.665. The van der Waals surface area contributed by atoms with Crippen LogP contribution in [0, 0.1) is 0 Å². The third-order valence-corrected chi connectivity index (χ3v) is 12.8. The molecule has 58 heavy (non-hydrogen) atoms. The third kappa shape index (κ3) is 5.39. The first-order valence-corrected chi connectivity index (χ1v) is 20.5. The molecule has 0 saturated carbocycles. The van der Waals surface area contributed by atoms with E-state index in [1.165, 1.54) is 52.5 Å². The van der Waals surface area contributed by atoms with E-state index < -0.39 is 0 Å². The molecule has 1 aliphatic rings. The van der Waals surface area contributed by atoms with Gasteiger partial charge in [0.05, 0.1) is 0 Å². The number of rotatable bonds is 5. The van der Waals surface area contributed by atoms with Crippen molar-refractivity contribution in [2.75, 3.05) is 0 Å². The van der Waals surface area contributed by atoms with Gasteiger partial charge in [0.1, 0.15) is 11.2 Å². The molecule has 0 atom stereocenters. The number of furan rings is 1.